The largest absolute Gasteiger partial charge is 0.431 e. The molecule has 3 aromatic rings. The Balaban J connectivity index is 1.78. The Kier molecular flexibility index (Phi) is 2.67. The van der Waals surface area contributed by atoms with Crippen molar-refractivity contribution in [1.29, 1.82) is 0 Å². The summed E-state index contributed by atoms with van der Waals surface area (Å²) in [5.74, 6) is 0.677. The van der Waals surface area contributed by atoms with Crippen LogP contribution in [0.25, 0.3) is 11.1 Å². The molecule has 0 spiro atoms. The second-order valence-electron chi connectivity index (χ2n) is 3.88. The van der Waals surface area contributed by atoms with E-state index >= 15 is 0 Å². The molecule has 0 aliphatic carbocycles. The molecule has 0 radical (unpaired) electrons. The molecule has 0 fully saturated rings. The molecule has 6 nitrogen and oxygen atoms in total. The molecular weight excluding hydrogens is 250 g/mol. The number of nitrogens with zero attached hydrogens (tertiary/aromatic N) is 4. The van der Waals surface area contributed by atoms with Crippen LogP contribution in [0.15, 0.2) is 34.0 Å². The van der Waals surface area contributed by atoms with E-state index in [1.807, 2.05) is 25.4 Å². The van der Waals surface area contributed by atoms with Gasteiger partial charge in [-0.15, -0.1) is 5.10 Å². The van der Waals surface area contributed by atoms with E-state index in [-0.39, 0.29) is 0 Å². The number of fused-ring (bicyclic) bond motifs is 1. The van der Waals surface area contributed by atoms with Crippen LogP contribution >= 0.6 is 11.8 Å². The molecule has 2 aromatic heterocycles. The second kappa shape index (κ2) is 4.34. The molecule has 0 amide bonds. The lowest BCUT2D eigenvalue weighted by atomic mass is 10.3. The van der Waals surface area contributed by atoms with Crippen molar-refractivity contribution in [1.82, 2.24) is 20.0 Å². The second-order valence-corrected chi connectivity index (χ2v) is 4.81. The number of nitrogen functional groups attached to an aromatic ring is 1. The van der Waals surface area contributed by atoms with Crippen molar-refractivity contribution in [2.75, 3.05) is 5.73 Å². The maximum absolute atomic E-state index is 5.69. The van der Waals surface area contributed by atoms with Gasteiger partial charge in [-0.25, -0.2) is 4.98 Å². The maximum atomic E-state index is 5.69. The number of anilines is 1. The lowest BCUT2D eigenvalue weighted by Gasteiger charge is -1.90. The van der Waals surface area contributed by atoms with E-state index in [2.05, 4.69) is 15.3 Å². The average molecular weight is 261 g/mol. The highest BCUT2D eigenvalue weighted by Gasteiger charge is 2.08. The highest BCUT2D eigenvalue weighted by atomic mass is 32.2. The third-order valence-corrected chi connectivity index (χ3v) is 3.25. The Labute approximate surface area is 107 Å². The first-order valence-electron chi connectivity index (χ1n) is 5.35. The standard InChI is InChI=1S/C11H11N5OS/c1-16-5-8(14-15-16)6-18-11-13-9-3-2-7(12)4-10(9)17-11/h2-5H,6,12H2,1H3. The number of aromatic nitrogens is 4. The molecule has 0 unspecified atom stereocenters. The zero-order valence-corrected chi connectivity index (χ0v) is 10.5. The Hall–Kier alpha value is -2.02. The number of hydrogen-bond acceptors (Lipinski definition) is 6. The fraction of sp³-hybridized carbons (Fsp3) is 0.182. The SMILES string of the molecule is Cn1cc(CSc2nc3ccc(N)cc3o2)nn1. The number of benzene rings is 1. The quantitative estimate of drug-likeness (QED) is 0.572. The predicted molar refractivity (Wildman–Crippen MR) is 69.0 cm³/mol. The lowest BCUT2D eigenvalue weighted by molar-refractivity contribution is 0.489. The Morgan fingerprint density at radius 3 is 3.11 bits per heavy atom. The van der Waals surface area contributed by atoms with E-state index < -0.39 is 0 Å². The molecule has 18 heavy (non-hydrogen) atoms. The van der Waals surface area contributed by atoms with Gasteiger partial charge >= 0.3 is 0 Å². The highest BCUT2D eigenvalue weighted by molar-refractivity contribution is 7.98. The minimum Gasteiger partial charge on any atom is -0.431 e. The van der Waals surface area contributed by atoms with Gasteiger partial charge in [0.15, 0.2) is 5.58 Å². The van der Waals surface area contributed by atoms with Crippen molar-refractivity contribution < 1.29 is 4.42 Å². The van der Waals surface area contributed by atoms with E-state index in [9.17, 15) is 0 Å². The molecule has 0 aliphatic heterocycles. The number of rotatable bonds is 3. The smallest absolute Gasteiger partial charge is 0.257 e. The molecule has 3 rings (SSSR count). The predicted octanol–water partition coefficient (Wildman–Crippen LogP) is 1.83. The molecular formula is C11H11N5OS. The van der Waals surface area contributed by atoms with Crippen LogP contribution in [-0.2, 0) is 12.8 Å². The minimum absolute atomic E-state index is 0.612. The summed E-state index contributed by atoms with van der Waals surface area (Å²) >= 11 is 1.48. The van der Waals surface area contributed by atoms with Crippen LogP contribution in [0.2, 0.25) is 0 Å². The summed E-state index contributed by atoms with van der Waals surface area (Å²) in [5.41, 5.74) is 8.76. The number of hydrogen-bond donors (Lipinski definition) is 1. The summed E-state index contributed by atoms with van der Waals surface area (Å²) in [6, 6.07) is 5.43. The highest BCUT2D eigenvalue weighted by Crippen LogP contribution is 2.26. The van der Waals surface area contributed by atoms with Crippen LogP contribution in [0, 0.1) is 0 Å². The molecule has 2 heterocycles. The van der Waals surface area contributed by atoms with Gasteiger partial charge in [-0.2, -0.15) is 0 Å². The van der Waals surface area contributed by atoms with Gasteiger partial charge in [-0.05, 0) is 12.1 Å². The van der Waals surface area contributed by atoms with Gasteiger partial charge in [-0.1, -0.05) is 17.0 Å². The number of thioether (sulfide) groups is 1. The van der Waals surface area contributed by atoms with Gasteiger partial charge in [0.2, 0.25) is 0 Å². The van der Waals surface area contributed by atoms with Crippen molar-refractivity contribution in [3.63, 3.8) is 0 Å². The normalized spacial score (nSPS) is 11.2. The van der Waals surface area contributed by atoms with Crippen LogP contribution in [0.5, 0.6) is 0 Å². The topological polar surface area (TPSA) is 82.8 Å². The number of oxazole rings is 1. The van der Waals surface area contributed by atoms with E-state index in [4.69, 9.17) is 10.2 Å². The third-order valence-electron chi connectivity index (χ3n) is 2.39. The van der Waals surface area contributed by atoms with Gasteiger partial charge in [0, 0.05) is 30.8 Å². The summed E-state index contributed by atoms with van der Waals surface area (Å²) in [6.45, 7) is 0. The van der Waals surface area contributed by atoms with Gasteiger partial charge < -0.3 is 10.2 Å². The summed E-state index contributed by atoms with van der Waals surface area (Å²) in [5, 5.41) is 8.48. The summed E-state index contributed by atoms with van der Waals surface area (Å²) < 4.78 is 7.26. The fourth-order valence-electron chi connectivity index (χ4n) is 1.58. The van der Waals surface area contributed by atoms with Crippen molar-refractivity contribution in [2.24, 2.45) is 7.05 Å². The van der Waals surface area contributed by atoms with Gasteiger partial charge in [-0.3, -0.25) is 4.68 Å². The van der Waals surface area contributed by atoms with Crippen LogP contribution in [0.4, 0.5) is 5.69 Å². The fourth-order valence-corrected chi connectivity index (χ4v) is 2.29. The van der Waals surface area contributed by atoms with Crippen LogP contribution in [0.3, 0.4) is 0 Å². The van der Waals surface area contributed by atoms with E-state index in [1.165, 1.54) is 11.8 Å². The molecule has 7 heteroatoms. The lowest BCUT2D eigenvalue weighted by Crippen LogP contribution is -1.85. The average Bonchev–Trinajstić information content (AvgIpc) is 2.92. The van der Waals surface area contributed by atoms with Crippen LogP contribution in [-0.4, -0.2) is 20.0 Å². The van der Waals surface area contributed by atoms with Crippen molar-refractivity contribution in [2.45, 2.75) is 11.0 Å². The first-order valence-corrected chi connectivity index (χ1v) is 6.33. The van der Waals surface area contributed by atoms with E-state index in [1.54, 1.807) is 10.7 Å². The zero-order chi connectivity index (χ0) is 12.5. The zero-order valence-electron chi connectivity index (χ0n) is 9.70. The molecule has 1 aromatic carbocycles. The molecule has 0 atom stereocenters. The molecule has 0 bridgehead atoms. The van der Waals surface area contributed by atoms with Crippen molar-refractivity contribution >= 4 is 28.5 Å². The summed E-state index contributed by atoms with van der Waals surface area (Å²) in [7, 11) is 1.84. The molecule has 92 valence electrons. The van der Waals surface area contributed by atoms with Crippen molar-refractivity contribution in [3.8, 4) is 0 Å². The third kappa shape index (κ3) is 2.17. The van der Waals surface area contributed by atoms with Crippen LogP contribution < -0.4 is 5.73 Å². The Bertz CT molecular complexity index is 690. The monoisotopic (exact) mass is 261 g/mol. The van der Waals surface area contributed by atoms with Gasteiger partial charge in [0.25, 0.3) is 5.22 Å². The van der Waals surface area contributed by atoms with Crippen molar-refractivity contribution in [3.05, 3.63) is 30.1 Å². The Morgan fingerprint density at radius 1 is 1.44 bits per heavy atom. The number of aryl methyl sites for hydroxylation is 1. The molecule has 0 saturated carbocycles. The van der Waals surface area contributed by atoms with Gasteiger partial charge in [0.05, 0.1) is 5.69 Å². The van der Waals surface area contributed by atoms with E-state index in [0.29, 0.717) is 22.2 Å². The molecule has 2 N–H and O–H groups in total. The number of nitrogens with two attached hydrogens (primary N) is 1. The maximum Gasteiger partial charge on any atom is 0.257 e. The van der Waals surface area contributed by atoms with Crippen LogP contribution in [0.1, 0.15) is 5.69 Å². The van der Waals surface area contributed by atoms with Gasteiger partial charge in [0.1, 0.15) is 5.52 Å². The van der Waals surface area contributed by atoms with E-state index in [0.717, 1.165) is 11.2 Å². The molecule has 0 aliphatic rings. The first-order chi connectivity index (χ1) is 8.70. The molecule has 0 saturated heterocycles. The summed E-state index contributed by atoms with van der Waals surface area (Å²) in [4.78, 5) is 4.36. The summed E-state index contributed by atoms with van der Waals surface area (Å²) in [6.07, 6.45) is 1.87. The first kappa shape index (κ1) is 11.1. The Morgan fingerprint density at radius 2 is 2.33 bits per heavy atom. The minimum atomic E-state index is 0.612.